The number of hydrogen-bond donors (Lipinski definition) is 0. The van der Waals surface area contributed by atoms with Gasteiger partial charge in [0.15, 0.2) is 0 Å². The third-order valence-corrected chi connectivity index (χ3v) is 3.15. The Morgan fingerprint density at radius 1 is 0.762 bits per heavy atom. The van der Waals surface area contributed by atoms with Crippen LogP contribution >= 0.6 is 0 Å². The van der Waals surface area contributed by atoms with Crippen LogP contribution in [0.4, 0.5) is 0 Å². The van der Waals surface area contributed by atoms with Gasteiger partial charge in [0.05, 0.1) is 11.1 Å². The molecule has 0 radical (unpaired) electrons. The van der Waals surface area contributed by atoms with Crippen molar-refractivity contribution in [1.82, 2.24) is 0 Å². The van der Waals surface area contributed by atoms with E-state index in [2.05, 4.69) is 18.6 Å². The molecule has 0 aliphatic heterocycles. The SMILES string of the molecule is CCCCCC.[N-]=[N+]=C(c1ccccc1)c1ccccc1. The van der Waals surface area contributed by atoms with Gasteiger partial charge >= 0.3 is 5.71 Å². The summed E-state index contributed by atoms with van der Waals surface area (Å²) in [4.78, 5) is 3.35. The van der Waals surface area contributed by atoms with Crippen LogP contribution in [0.15, 0.2) is 60.7 Å². The van der Waals surface area contributed by atoms with E-state index in [0.717, 1.165) is 11.1 Å². The fourth-order valence-corrected chi connectivity index (χ4v) is 1.97. The molecule has 0 N–H and O–H groups in total. The molecule has 2 nitrogen and oxygen atoms in total. The van der Waals surface area contributed by atoms with Crippen molar-refractivity contribution in [2.24, 2.45) is 0 Å². The van der Waals surface area contributed by atoms with Gasteiger partial charge in [0.25, 0.3) is 0 Å². The fourth-order valence-electron chi connectivity index (χ4n) is 1.97. The van der Waals surface area contributed by atoms with Crippen LogP contribution in [-0.4, -0.2) is 10.5 Å². The second-order valence-electron chi connectivity index (χ2n) is 4.89. The molecule has 0 saturated carbocycles. The first kappa shape index (κ1) is 16.9. The third kappa shape index (κ3) is 6.20. The highest BCUT2D eigenvalue weighted by Gasteiger charge is 2.13. The Bertz CT molecular complexity index is 495. The largest absolute Gasteiger partial charge is 0.361 e. The number of hydrogen-bond acceptors (Lipinski definition) is 0. The van der Waals surface area contributed by atoms with Crippen LogP contribution in [0.5, 0.6) is 0 Å². The van der Waals surface area contributed by atoms with E-state index < -0.39 is 0 Å². The average molecular weight is 280 g/mol. The summed E-state index contributed by atoms with van der Waals surface area (Å²) in [7, 11) is 0. The molecule has 110 valence electrons. The topological polar surface area (TPSA) is 36.4 Å². The zero-order valence-electron chi connectivity index (χ0n) is 13.0. The predicted octanol–water partition coefficient (Wildman–Crippen LogP) is 5.34. The molecule has 0 aliphatic carbocycles. The number of benzene rings is 2. The lowest BCUT2D eigenvalue weighted by molar-refractivity contribution is -0.00279. The Labute approximate surface area is 128 Å². The molecule has 0 unspecified atom stereocenters. The van der Waals surface area contributed by atoms with Gasteiger partial charge in [-0.25, -0.2) is 0 Å². The summed E-state index contributed by atoms with van der Waals surface area (Å²) in [5.74, 6) is 0. The molecule has 2 aromatic carbocycles. The van der Waals surface area contributed by atoms with Crippen molar-refractivity contribution in [3.63, 3.8) is 0 Å². The molecule has 0 fully saturated rings. The maximum atomic E-state index is 9.02. The molecule has 0 aliphatic rings. The van der Waals surface area contributed by atoms with E-state index in [9.17, 15) is 0 Å². The van der Waals surface area contributed by atoms with Crippen LogP contribution < -0.4 is 0 Å². The van der Waals surface area contributed by atoms with Crippen molar-refractivity contribution < 1.29 is 4.79 Å². The van der Waals surface area contributed by atoms with Crippen molar-refractivity contribution in [2.45, 2.75) is 39.5 Å². The minimum atomic E-state index is 0.594. The number of nitrogens with zero attached hydrogens (tertiary/aromatic N) is 2. The van der Waals surface area contributed by atoms with Gasteiger partial charge in [0, 0.05) is 0 Å². The summed E-state index contributed by atoms with van der Waals surface area (Å²) in [6.45, 7) is 4.46. The fraction of sp³-hybridized carbons (Fsp3) is 0.316. The maximum absolute atomic E-state index is 9.02. The van der Waals surface area contributed by atoms with E-state index in [4.69, 9.17) is 5.53 Å². The number of unbranched alkanes of at least 4 members (excludes halogenated alkanes) is 3. The minimum absolute atomic E-state index is 0.594. The second-order valence-corrected chi connectivity index (χ2v) is 4.89. The number of rotatable bonds is 5. The molecule has 0 spiro atoms. The molecule has 2 rings (SSSR count). The highest BCUT2D eigenvalue weighted by Crippen LogP contribution is 2.08. The van der Waals surface area contributed by atoms with E-state index in [-0.39, 0.29) is 0 Å². The van der Waals surface area contributed by atoms with Crippen molar-refractivity contribution in [3.05, 3.63) is 77.3 Å². The zero-order chi connectivity index (χ0) is 15.3. The molecule has 0 saturated heterocycles. The highest BCUT2D eigenvalue weighted by molar-refractivity contribution is 6.09. The summed E-state index contributed by atoms with van der Waals surface area (Å²) in [5.41, 5.74) is 11.4. The molecule has 21 heavy (non-hydrogen) atoms. The third-order valence-electron chi connectivity index (χ3n) is 3.15. The Morgan fingerprint density at radius 3 is 1.43 bits per heavy atom. The molecular formula is C19H24N2. The van der Waals surface area contributed by atoms with Crippen LogP contribution in [0.1, 0.15) is 50.7 Å². The first-order valence-corrected chi connectivity index (χ1v) is 7.66. The standard InChI is InChI=1S/C13H10N2.C6H14/c14-15-13(11-7-3-1-4-8-11)12-9-5-2-6-10-12;1-3-5-6-4-2/h1-10H;3-6H2,1-2H3. The smallest absolute Gasteiger partial charge is 0.329 e. The molecule has 2 heteroatoms. The Hall–Kier alpha value is -2.18. The maximum Gasteiger partial charge on any atom is 0.329 e. The zero-order valence-corrected chi connectivity index (χ0v) is 13.0. The van der Waals surface area contributed by atoms with Crippen LogP contribution in [0.3, 0.4) is 0 Å². The van der Waals surface area contributed by atoms with Gasteiger partial charge in [-0.15, -0.1) is 0 Å². The molecular weight excluding hydrogens is 256 g/mol. The lowest BCUT2D eigenvalue weighted by Gasteiger charge is -1.95. The van der Waals surface area contributed by atoms with Gasteiger partial charge in [-0.1, -0.05) is 75.9 Å². The molecule has 0 aromatic heterocycles. The Kier molecular flexibility index (Phi) is 8.51. The first-order valence-electron chi connectivity index (χ1n) is 7.66. The van der Waals surface area contributed by atoms with Crippen molar-refractivity contribution >= 4 is 5.71 Å². The predicted molar refractivity (Wildman–Crippen MR) is 89.5 cm³/mol. The van der Waals surface area contributed by atoms with E-state index in [1.807, 2.05) is 60.7 Å². The molecule has 0 heterocycles. The van der Waals surface area contributed by atoms with E-state index in [0.29, 0.717) is 5.71 Å². The van der Waals surface area contributed by atoms with E-state index in [1.165, 1.54) is 25.7 Å². The van der Waals surface area contributed by atoms with Crippen molar-refractivity contribution in [1.29, 1.82) is 0 Å². The van der Waals surface area contributed by atoms with Crippen LogP contribution in [-0.2, 0) is 0 Å². The van der Waals surface area contributed by atoms with E-state index in [1.54, 1.807) is 0 Å². The minimum Gasteiger partial charge on any atom is -0.361 e. The van der Waals surface area contributed by atoms with Crippen molar-refractivity contribution in [2.75, 3.05) is 0 Å². The summed E-state index contributed by atoms with van der Waals surface area (Å²) >= 11 is 0. The molecule has 0 amide bonds. The van der Waals surface area contributed by atoms with Gasteiger partial charge in [0.1, 0.15) is 0 Å². The van der Waals surface area contributed by atoms with Crippen LogP contribution in [0.25, 0.3) is 5.53 Å². The quantitative estimate of drug-likeness (QED) is 0.307. The molecule has 2 aromatic rings. The summed E-state index contributed by atoms with van der Waals surface area (Å²) < 4.78 is 0. The van der Waals surface area contributed by atoms with E-state index >= 15 is 0 Å². The van der Waals surface area contributed by atoms with Gasteiger partial charge in [-0.2, -0.15) is 4.79 Å². The second kappa shape index (κ2) is 10.6. The van der Waals surface area contributed by atoms with Crippen LogP contribution in [0, 0.1) is 0 Å². The summed E-state index contributed by atoms with van der Waals surface area (Å²) in [6, 6.07) is 19.2. The normalized spacial score (nSPS) is 9.24. The molecule has 0 bridgehead atoms. The molecule has 0 atom stereocenters. The van der Waals surface area contributed by atoms with Gasteiger partial charge < -0.3 is 5.53 Å². The van der Waals surface area contributed by atoms with Gasteiger partial charge in [0.2, 0.25) is 0 Å². The highest BCUT2D eigenvalue weighted by atomic mass is 14.9. The Morgan fingerprint density at radius 2 is 1.14 bits per heavy atom. The van der Waals surface area contributed by atoms with Crippen molar-refractivity contribution in [3.8, 4) is 0 Å². The first-order chi connectivity index (χ1) is 10.3. The van der Waals surface area contributed by atoms with Gasteiger partial charge in [-0.3, -0.25) is 0 Å². The summed E-state index contributed by atoms with van der Waals surface area (Å²) in [6.07, 6.45) is 5.54. The van der Waals surface area contributed by atoms with Crippen LogP contribution in [0.2, 0.25) is 0 Å². The lowest BCUT2D eigenvalue weighted by atomic mass is 10.0. The Balaban J connectivity index is 0.000000315. The van der Waals surface area contributed by atoms with Gasteiger partial charge in [-0.05, 0) is 24.3 Å². The average Bonchev–Trinajstić information content (AvgIpc) is 2.56. The lowest BCUT2D eigenvalue weighted by Crippen LogP contribution is -2.03. The monoisotopic (exact) mass is 280 g/mol. The summed E-state index contributed by atoms with van der Waals surface area (Å²) in [5, 5.41) is 0.